The van der Waals surface area contributed by atoms with Crippen LogP contribution in [0.25, 0.3) is 6.08 Å². The first-order valence-electron chi connectivity index (χ1n) is 7.34. The molecule has 0 saturated carbocycles. The number of likely N-dealkylation sites (N-methyl/N-ethyl adjacent to an activating group) is 1. The Morgan fingerprint density at radius 1 is 1.13 bits per heavy atom. The number of carbonyl (C=O) groups is 1. The molecule has 0 radical (unpaired) electrons. The van der Waals surface area contributed by atoms with E-state index in [1.165, 1.54) is 11.0 Å². The lowest BCUT2D eigenvalue weighted by atomic mass is 10.1. The van der Waals surface area contributed by atoms with Gasteiger partial charge >= 0.3 is 0 Å². The summed E-state index contributed by atoms with van der Waals surface area (Å²) in [6, 6.07) is 15.5. The summed E-state index contributed by atoms with van der Waals surface area (Å²) >= 11 is 0. The van der Waals surface area contributed by atoms with Gasteiger partial charge in [0.25, 0.3) is 0 Å². The Bertz CT molecular complexity index is 678. The zero-order chi connectivity index (χ0) is 16.7. The van der Waals surface area contributed by atoms with Gasteiger partial charge in [0, 0.05) is 25.7 Å². The van der Waals surface area contributed by atoms with Crippen molar-refractivity contribution in [3.8, 4) is 11.5 Å². The van der Waals surface area contributed by atoms with Crippen molar-refractivity contribution in [2.24, 2.45) is 0 Å². The van der Waals surface area contributed by atoms with E-state index < -0.39 is 0 Å². The van der Waals surface area contributed by atoms with E-state index in [0.29, 0.717) is 18.1 Å². The fourth-order valence-corrected chi connectivity index (χ4v) is 1.96. The van der Waals surface area contributed by atoms with Crippen LogP contribution in [0.15, 0.2) is 54.6 Å². The zero-order valence-corrected chi connectivity index (χ0v) is 13.7. The number of methoxy groups -OCH3 is 1. The molecule has 0 aliphatic rings. The molecule has 0 N–H and O–H groups in total. The molecule has 0 saturated heterocycles. The van der Waals surface area contributed by atoms with Crippen LogP contribution < -0.4 is 9.47 Å². The highest BCUT2D eigenvalue weighted by atomic mass is 16.5. The fourth-order valence-electron chi connectivity index (χ4n) is 1.96. The average molecular weight is 311 g/mol. The Morgan fingerprint density at radius 2 is 1.87 bits per heavy atom. The molecule has 2 aromatic carbocycles. The molecule has 0 bridgehead atoms. The van der Waals surface area contributed by atoms with Crippen LogP contribution in [0.2, 0.25) is 0 Å². The molecule has 0 unspecified atom stereocenters. The van der Waals surface area contributed by atoms with Crippen LogP contribution in [0.1, 0.15) is 11.1 Å². The summed E-state index contributed by atoms with van der Waals surface area (Å²) in [5.41, 5.74) is 1.89. The fraction of sp³-hybridized carbons (Fsp3) is 0.211. The maximum absolute atomic E-state index is 11.7. The number of amides is 1. The largest absolute Gasteiger partial charge is 0.497 e. The minimum absolute atomic E-state index is 0.0816. The van der Waals surface area contributed by atoms with Crippen molar-refractivity contribution >= 4 is 12.0 Å². The quantitative estimate of drug-likeness (QED) is 0.768. The third-order valence-corrected chi connectivity index (χ3v) is 3.30. The molecular formula is C19H21NO3. The van der Waals surface area contributed by atoms with Crippen molar-refractivity contribution in [2.75, 3.05) is 21.2 Å². The van der Waals surface area contributed by atoms with Crippen LogP contribution in [0.5, 0.6) is 11.5 Å². The van der Waals surface area contributed by atoms with Gasteiger partial charge in [-0.15, -0.1) is 0 Å². The first kappa shape index (κ1) is 16.6. The van der Waals surface area contributed by atoms with Gasteiger partial charge in [0.2, 0.25) is 5.91 Å². The minimum atomic E-state index is -0.0816. The van der Waals surface area contributed by atoms with Crippen LogP contribution >= 0.6 is 0 Å². The molecule has 0 atom stereocenters. The average Bonchev–Trinajstić information content (AvgIpc) is 2.58. The number of benzene rings is 2. The Morgan fingerprint density at radius 3 is 2.52 bits per heavy atom. The standard InChI is InChI=1S/C19H21NO3/c1-20(2)19(21)12-9-16-13-17(22-3)10-11-18(16)23-14-15-7-5-4-6-8-15/h4-13H,14H2,1-3H3. The Labute approximate surface area is 137 Å². The molecule has 0 aliphatic carbocycles. The third-order valence-electron chi connectivity index (χ3n) is 3.30. The van der Waals surface area contributed by atoms with Crippen molar-refractivity contribution in [1.82, 2.24) is 4.90 Å². The Kier molecular flexibility index (Phi) is 5.80. The molecule has 4 heteroatoms. The van der Waals surface area contributed by atoms with Crippen LogP contribution in [-0.4, -0.2) is 32.0 Å². The van der Waals surface area contributed by atoms with E-state index in [4.69, 9.17) is 9.47 Å². The summed E-state index contributed by atoms with van der Waals surface area (Å²) in [6.07, 6.45) is 3.26. The van der Waals surface area contributed by atoms with Gasteiger partial charge in [-0.1, -0.05) is 30.3 Å². The minimum Gasteiger partial charge on any atom is -0.497 e. The van der Waals surface area contributed by atoms with Gasteiger partial charge in [-0.2, -0.15) is 0 Å². The van der Waals surface area contributed by atoms with Gasteiger partial charge in [0.15, 0.2) is 0 Å². The second kappa shape index (κ2) is 8.03. The highest BCUT2D eigenvalue weighted by molar-refractivity contribution is 5.91. The number of hydrogen-bond acceptors (Lipinski definition) is 3. The molecule has 2 rings (SSSR count). The third kappa shape index (κ3) is 4.88. The number of carbonyl (C=O) groups excluding carboxylic acids is 1. The van der Waals surface area contributed by atoms with Gasteiger partial charge in [-0.25, -0.2) is 0 Å². The van der Waals surface area contributed by atoms with Crippen LogP contribution in [0.4, 0.5) is 0 Å². The van der Waals surface area contributed by atoms with Gasteiger partial charge < -0.3 is 14.4 Å². The predicted molar refractivity (Wildman–Crippen MR) is 91.5 cm³/mol. The van der Waals surface area contributed by atoms with E-state index in [1.807, 2.05) is 48.5 Å². The SMILES string of the molecule is COc1ccc(OCc2ccccc2)c(C=CC(=O)N(C)C)c1. The molecule has 0 aromatic heterocycles. The molecule has 0 aliphatic heterocycles. The zero-order valence-electron chi connectivity index (χ0n) is 13.7. The number of rotatable bonds is 6. The lowest BCUT2D eigenvalue weighted by Crippen LogP contribution is -2.18. The molecule has 23 heavy (non-hydrogen) atoms. The Balaban J connectivity index is 2.19. The number of ether oxygens (including phenoxy) is 2. The first-order valence-corrected chi connectivity index (χ1v) is 7.34. The maximum Gasteiger partial charge on any atom is 0.246 e. The summed E-state index contributed by atoms with van der Waals surface area (Å²) in [5, 5.41) is 0. The summed E-state index contributed by atoms with van der Waals surface area (Å²) in [4.78, 5) is 13.2. The van der Waals surface area contributed by atoms with Crippen molar-refractivity contribution in [3.05, 3.63) is 65.7 Å². The smallest absolute Gasteiger partial charge is 0.246 e. The molecule has 0 fully saturated rings. The van der Waals surface area contributed by atoms with Gasteiger partial charge in [0.05, 0.1) is 7.11 Å². The van der Waals surface area contributed by atoms with Crippen LogP contribution in [-0.2, 0) is 11.4 Å². The maximum atomic E-state index is 11.7. The number of nitrogens with zero attached hydrogens (tertiary/aromatic N) is 1. The van der Waals surface area contributed by atoms with Crippen molar-refractivity contribution in [1.29, 1.82) is 0 Å². The lowest BCUT2D eigenvalue weighted by Gasteiger charge is -2.11. The molecule has 0 heterocycles. The monoisotopic (exact) mass is 311 g/mol. The first-order chi connectivity index (χ1) is 11.1. The van der Waals surface area contributed by atoms with Crippen LogP contribution in [0.3, 0.4) is 0 Å². The molecule has 4 nitrogen and oxygen atoms in total. The summed E-state index contributed by atoms with van der Waals surface area (Å²) < 4.78 is 11.1. The van der Waals surface area contributed by atoms with Crippen molar-refractivity contribution < 1.29 is 14.3 Å². The topological polar surface area (TPSA) is 38.8 Å². The van der Waals surface area contributed by atoms with E-state index in [2.05, 4.69) is 0 Å². The highest BCUT2D eigenvalue weighted by Crippen LogP contribution is 2.26. The van der Waals surface area contributed by atoms with Crippen LogP contribution in [0, 0.1) is 0 Å². The van der Waals surface area contributed by atoms with Gasteiger partial charge in [0.1, 0.15) is 18.1 Å². The molecular weight excluding hydrogens is 290 g/mol. The molecule has 120 valence electrons. The normalized spacial score (nSPS) is 10.6. The number of hydrogen-bond donors (Lipinski definition) is 0. The van der Waals surface area contributed by atoms with E-state index in [-0.39, 0.29) is 5.91 Å². The second-order valence-corrected chi connectivity index (χ2v) is 5.24. The highest BCUT2D eigenvalue weighted by Gasteiger charge is 2.05. The van der Waals surface area contributed by atoms with Crippen molar-refractivity contribution in [3.63, 3.8) is 0 Å². The van der Waals surface area contributed by atoms with E-state index in [1.54, 1.807) is 27.3 Å². The molecule has 2 aromatic rings. The van der Waals surface area contributed by atoms with E-state index in [0.717, 1.165) is 11.1 Å². The predicted octanol–water partition coefficient (Wildman–Crippen LogP) is 3.38. The van der Waals surface area contributed by atoms with Gasteiger partial charge in [-0.3, -0.25) is 4.79 Å². The summed E-state index contributed by atoms with van der Waals surface area (Å²) in [6.45, 7) is 0.468. The Hall–Kier alpha value is -2.75. The van der Waals surface area contributed by atoms with E-state index >= 15 is 0 Å². The second-order valence-electron chi connectivity index (χ2n) is 5.24. The molecule has 1 amide bonds. The molecule has 0 spiro atoms. The summed E-state index contributed by atoms with van der Waals surface area (Å²) in [7, 11) is 5.04. The van der Waals surface area contributed by atoms with E-state index in [9.17, 15) is 4.79 Å². The summed E-state index contributed by atoms with van der Waals surface area (Å²) in [5.74, 6) is 1.34. The van der Waals surface area contributed by atoms with Gasteiger partial charge in [-0.05, 0) is 29.8 Å². The van der Waals surface area contributed by atoms with Crippen molar-refractivity contribution in [2.45, 2.75) is 6.61 Å². The lowest BCUT2D eigenvalue weighted by molar-refractivity contribution is -0.123.